The first-order valence-electron chi connectivity index (χ1n) is 7.90. The molecule has 1 amide bonds. The van der Waals surface area contributed by atoms with Gasteiger partial charge in [-0.25, -0.2) is 0 Å². The molecule has 116 valence electrons. The maximum Gasteiger partial charge on any atom is 0.223 e. The molecule has 1 aliphatic heterocycles. The van der Waals surface area contributed by atoms with Gasteiger partial charge in [0.2, 0.25) is 5.91 Å². The van der Waals surface area contributed by atoms with Crippen LogP contribution in [0.4, 0.5) is 0 Å². The Morgan fingerprint density at radius 3 is 2.67 bits per heavy atom. The summed E-state index contributed by atoms with van der Waals surface area (Å²) in [5.74, 6) is 1.64. The molecular formula is C18H27NO2. The summed E-state index contributed by atoms with van der Waals surface area (Å²) in [6.07, 6.45) is 2.85. The lowest BCUT2D eigenvalue weighted by Gasteiger charge is -2.34. The summed E-state index contributed by atoms with van der Waals surface area (Å²) in [5, 5.41) is 0. The fourth-order valence-electron chi connectivity index (χ4n) is 2.72. The zero-order valence-electron chi connectivity index (χ0n) is 13.5. The number of ether oxygens (including phenoxy) is 1. The zero-order chi connectivity index (χ0) is 15.3. The van der Waals surface area contributed by atoms with Crippen LogP contribution in [0.1, 0.15) is 40.0 Å². The Labute approximate surface area is 128 Å². The Balaban J connectivity index is 1.82. The highest BCUT2D eigenvalue weighted by Crippen LogP contribution is 2.24. The van der Waals surface area contributed by atoms with Gasteiger partial charge in [0, 0.05) is 25.4 Å². The predicted molar refractivity (Wildman–Crippen MR) is 85.3 cm³/mol. The molecule has 3 heteroatoms. The monoisotopic (exact) mass is 289 g/mol. The molecule has 1 unspecified atom stereocenters. The van der Waals surface area contributed by atoms with Crippen molar-refractivity contribution in [3.8, 4) is 5.75 Å². The van der Waals surface area contributed by atoms with E-state index in [-0.39, 0.29) is 11.3 Å². The van der Waals surface area contributed by atoms with Gasteiger partial charge in [0.05, 0.1) is 6.61 Å². The van der Waals surface area contributed by atoms with Crippen LogP contribution in [-0.4, -0.2) is 30.5 Å². The highest BCUT2D eigenvalue weighted by atomic mass is 16.5. The highest BCUT2D eigenvalue weighted by Gasteiger charge is 2.26. The van der Waals surface area contributed by atoms with E-state index >= 15 is 0 Å². The summed E-state index contributed by atoms with van der Waals surface area (Å²) in [7, 11) is 0. The molecule has 2 rings (SSSR count). The normalized spacial score (nSPS) is 19.4. The largest absolute Gasteiger partial charge is 0.493 e. The predicted octanol–water partition coefficient (Wildman–Crippen LogP) is 3.74. The maximum absolute atomic E-state index is 12.3. The molecule has 1 aromatic rings. The summed E-state index contributed by atoms with van der Waals surface area (Å²) in [6, 6.07) is 9.90. The molecule has 3 nitrogen and oxygen atoms in total. The fourth-order valence-corrected chi connectivity index (χ4v) is 2.72. The molecule has 1 fully saturated rings. The number of rotatable bonds is 4. The van der Waals surface area contributed by atoms with E-state index in [1.807, 2.05) is 35.2 Å². The number of amides is 1. The Hall–Kier alpha value is -1.51. The molecule has 0 aromatic heterocycles. The van der Waals surface area contributed by atoms with Gasteiger partial charge in [-0.1, -0.05) is 39.0 Å². The standard InChI is InChI=1S/C18H27NO2/c1-18(2,3)12-17(20)19-11-7-8-15(13-19)14-21-16-9-5-4-6-10-16/h4-6,9-10,15H,7-8,11-14H2,1-3H3. The lowest BCUT2D eigenvalue weighted by molar-refractivity contribution is -0.135. The van der Waals surface area contributed by atoms with Crippen LogP contribution in [0.3, 0.4) is 0 Å². The Morgan fingerprint density at radius 2 is 2.00 bits per heavy atom. The number of para-hydroxylation sites is 1. The number of likely N-dealkylation sites (tertiary alicyclic amines) is 1. The molecule has 0 aliphatic carbocycles. The lowest BCUT2D eigenvalue weighted by Crippen LogP contribution is -2.42. The van der Waals surface area contributed by atoms with E-state index < -0.39 is 0 Å². The highest BCUT2D eigenvalue weighted by molar-refractivity contribution is 5.76. The molecule has 1 atom stereocenters. The summed E-state index contributed by atoms with van der Waals surface area (Å²) >= 11 is 0. The second-order valence-electron chi connectivity index (χ2n) is 7.21. The minimum Gasteiger partial charge on any atom is -0.493 e. The number of hydrogen-bond acceptors (Lipinski definition) is 2. The van der Waals surface area contributed by atoms with Crippen LogP contribution in [0.2, 0.25) is 0 Å². The Morgan fingerprint density at radius 1 is 1.29 bits per heavy atom. The summed E-state index contributed by atoms with van der Waals surface area (Å²) in [4.78, 5) is 14.3. The number of carbonyl (C=O) groups is 1. The molecule has 0 bridgehead atoms. The van der Waals surface area contributed by atoms with Gasteiger partial charge in [-0.05, 0) is 30.4 Å². The Kier molecular flexibility index (Phi) is 5.27. The molecule has 1 saturated heterocycles. The molecule has 0 radical (unpaired) electrons. The van der Waals surface area contributed by atoms with Crippen molar-refractivity contribution in [1.82, 2.24) is 4.90 Å². The van der Waals surface area contributed by atoms with Gasteiger partial charge in [-0.2, -0.15) is 0 Å². The summed E-state index contributed by atoms with van der Waals surface area (Å²) < 4.78 is 5.84. The molecule has 1 aliphatic rings. The molecule has 0 N–H and O–H groups in total. The number of benzene rings is 1. The lowest BCUT2D eigenvalue weighted by atomic mass is 9.90. The smallest absolute Gasteiger partial charge is 0.223 e. The average molecular weight is 289 g/mol. The van der Waals surface area contributed by atoms with Crippen LogP contribution < -0.4 is 4.74 Å². The zero-order valence-corrected chi connectivity index (χ0v) is 13.5. The minimum atomic E-state index is 0.0601. The van der Waals surface area contributed by atoms with E-state index in [4.69, 9.17) is 4.74 Å². The first-order chi connectivity index (χ1) is 9.94. The fraction of sp³-hybridized carbons (Fsp3) is 0.611. The third kappa shape index (κ3) is 5.41. The third-order valence-electron chi connectivity index (χ3n) is 3.78. The van der Waals surface area contributed by atoms with Gasteiger partial charge in [-0.3, -0.25) is 4.79 Å². The van der Waals surface area contributed by atoms with Gasteiger partial charge in [0.1, 0.15) is 5.75 Å². The molecule has 21 heavy (non-hydrogen) atoms. The van der Waals surface area contributed by atoms with Gasteiger partial charge >= 0.3 is 0 Å². The van der Waals surface area contributed by atoms with Gasteiger partial charge in [-0.15, -0.1) is 0 Å². The van der Waals surface area contributed by atoms with E-state index in [0.717, 1.165) is 31.7 Å². The molecule has 0 saturated carbocycles. The van der Waals surface area contributed by atoms with Crippen molar-refractivity contribution in [2.24, 2.45) is 11.3 Å². The van der Waals surface area contributed by atoms with Crippen molar-refractivity contribution in [1.29, 1.82) is 0 Å². The van der Waals surface area contributed by atoms with Gasteiger partial charge in [0.25, 0.3) is 0 Å². The minimum absolute atomic E-state index is 0.0601. The molecule has 0 spiro atoms. The Bertz CT molecular complexity index is 450. The second kappa shape index (κ2) is 6.97. The quantitative estimate of drug-likeness (QED) is 0.845. The molecule has 1 heterocycles. The summed E-state index contributed by atoms with van der Waals surface area (Å²) in [6.45, 7) is 8.78. The molecule has 1 aromatic carbocycles. The first-order valence-corrected chi connectivity index (χ1v) is 7.90. The number of carbonyl (C=O) groups excluding carboxylic acids is 1. The first kappa shape index (κ1) is 15.9. The van der Waals surface area contributed by atoms with E-state index in [9.17, 15) is 4.79 Å². The van der Waals surface area contributed by atoms with Gasteiger partial charge in [0.15, 0.2) is 0 Å². The van der Waals surface area contributed by atoms with E-state index in [1.165, 1.54) is 0 Å². The number of nitrogens with zero attached hydrogens (tertiary/aromatic N) is 1. The van der Waals surface area contributed by atoms with E-state index in [1.54, 1.807) is 0 Å². The van der Waals surface area contributed by atoms with Gasteiger partial charge < -0.3 is 9.64 Å². The summed E-state index contributed by atoms with van der Waals surface area (Å²) in [5.41, 5.74) is 0.0601. The third-order valence-corrected chi connectivity index (χ3v) is 3.78. The van der Waals surface area contributed by atoms with E-state index in [2.05, 4.69) is 20.8 Å². The van der Waals surface area contributed by atoms with Crippen molar-refractivity contribution in [3.05, 3.63) is 30.3 Å². The van der Waals surface area contributed by atoms with Crippen molar-refractivity contribution in [3.63, 3.8) is 0 Å². The number of piperidine rings is 1. The molecular weight excluding hydrogens is 262 g/mol. The van der Waals surface area contributed by atoms with Crippen molar-refractivity contribution in [2.75, 3.05) is 19.7 Å². The average Bonchev–Trinajstić information content (AvgIpc) is 2.45. The van der Waals surface area contributed by atoms with Crippen LogP contribution in [-0.2, 0) is 4.79 Å². The van der Waals surface area contributed by atoms with Crippen LogP contribution >= 0.6 is 0 Å². The van der Waals surface area contributed by atoms with Crippen molar-refractivity contribution < 1.29 is 9.53 Å². The van der Waals surface area contributed by atoms with Crippen LogP contribution in [0.25, 0.3) is 0 Å². The van der Waals surface area contributed by atoms with Crippen molar-refractivity contribution in [2.45, 2.75) is 40.0 Å². The topological polar surface area (TPSA) is 29.5 Å². The van der Waals surface area contributed by atoms with E-state index in [0.29, 0.717) is 18.9 Å². The van der Waals surface area contributed by atoms with Crippen LogP contribution in [0, 0.1) is 11.3 Å². The van der Waals surface area contributed by atoms with Crippen LogP contribution in [0.5, 0.6) is 5.75 Å². The van der Waals surface area contributed by atoms with Crippen molar-refractivity contribution >= 4 is 5.91 Å². The van der Waals surface area contributed by atoms with Crippen LogP contribution in [0.15, 0.2) is 30.3 Å². The second-order valence-corrected chi connectivity index (χ2v) is 7.21. The number of hydrogen-bond donors (Lipinski definition) is 0. The SMILES string of the molecule is CC(C)(C)CC(=O)N1CCCC(COc2ccccc2)C1. The maximum atomic E-state index is 12.3.